The van der Waals surface area contributed by atoms with Crippen LogP contribution >= 0.6 is 23.2 Å². The van der Waals surface area contributed by atoms with Crippen molar-refractivity contribution in [1.82, 2.24) is 9.97 Å². The van der Waals surface area contributed by atoms with E-state index in [1.54, 1.807) is 0 Å². The second-order valence-corrected chi connectivity index (χ2v) is 5.63. The highest BCUT2D eigenvalue weighted by Crippen LogP contribution is 2.40. The summed E-state index contributed by atoms with van der Waals surface area (Å²) in [7, 11) is 0. The number of hydrogen-bond acceptors (Lipinski definition) is 3. The predicted octanol–water partition coefficient (Wildman–Crippen LogP) is 4.85. The molecule has 1 aliphatic rings. The number of benzene rings is 1. The van der Waals surface area contributed by atoms with Crippen molar-refractivity contribution < 1.29 is 4.39 Å². The highest BCUT2D eigenvalue weighted by Gasteiger charge is 2.28. The lowest BCUT2D eigenvalue weighted by Gasteiger charge is -2.12. The topological polar surface area (TPSA) is 37.8 Å². The molecule has 3 rings (SSSR count). The molecule has 104 valence electrons. The summed E-state index contributed by atoms with van der Waals surface area (Å²) in [5.74, 6) is 1.32. The molecule has 20 heavy (non-hydrogen) atoms. The molecule has 1 N–H and O–H groups in total. The van der Waals surface area contributed by atoms with Gasteiger partial charge in [-0.25, -0.2) is 14.4 Å². The Morgan fingerprint density at radius 3 is 2.70 bits per heavy atom. The molecule has 2 aromatic rings. The molecule has 0 aliphatic heterocycles. The molecule has 1 heterocycles. The van der Waals surface area contributed by atoms with E-state index in [1.807, 2.05) is 6.92 Å². The van der Waals surface area contributed by atoms with E-state index >= 15 is 0 Å². The predicted molar refractivity (Wildman–Crippen MR) is 78.4 cm³/mol. The average molecular weight is 312 g/mol. The molecule has 0 atom stereocenters. The second kappa shape index (κ2) is 5.19. The quantitative estimate of drug-likeness (QED) is 0.823. The lowest BCUT2D eigenvalue weighted by molar-refractivity contribution is 0.628. The van der Waals surface area contributed by atoms with Gasteiger partial charge in [0, 0.05) is 11.5 Å². The minimum absolute atomic E-state index is 0.364. The fourth-order valence-corrected chi connectivity index (χ4v) is 2.21. The monoisotopic (exact) mass is 311 g/mol. The van der Waals surface area contributed by atoms with Gasteiger partial charge in [0.15, 0.2) is 0 Å². The Bertz CT molecular complexity index is 672. The van der Waals surface area contributed by atoms with E-state index in [1.165, 1.54) is 18.2 Å². The van der Waals surface area contributed by atoms with E-state index in [9.17, 15) is 4.39 Å². The lowest BCUT2D eigenvalue weighted by atomic mass is 10.2. The zero-order valence-electron chi connectivity index (χ0n) is 10.8. The molecule has 1 fully saturated rings. The molecular weight excluding hydrogens is 300 g/mol. The number of hydrogen-bond donors (Lipinski definition) is 1. The molecule has 0 unspecified atom stereocenters. The number of rotatable bonds is 3. The van der Waals surface area contributed by atoms with Gasteiger partial charge in [0.1, 0.15) is 22.6 Å². The highest BCUT2D eigenvalue weighted by atomic mass is 35.5. The zero-order chi connectivity index (χ0) is 14.3. The summed E-state index contributed by atoms with van der Waals surface area (Å²) in [6.45, 7) is 1.81. The van der Waals surface area contributed by atoms with Crippen molar-refractivity contribution in [2.75, 3.05) is 5.32 Å². The first kappa shape index (κ1) is 13.6. The Morgan fingerprint density at radius 1 is 1.25 bits per heavy atom. The Kier molecular flexibility index (Phi) is 3.52. The lowest BCUT2D eigenvalue weighted by Crippen LogP contribution is -2.03. The fourth-order valence-electron chi connectivity index (χ4n) is 1.87. The van der Waals surface area contributed by atoms with Crippen molar-refractivity contribution in [3.05, 3.63) is 45.6 Å². The smallest absolute Gasteiger partial charge is 0.138 e. The van der Waals surface area contributed by atoms with Gasteiger partial charge in [-0.2, -0.15) is 0 Å². The van der Waals surface area contributed by atoms with Crippen molar-refractivity contribution in [2.24, 2.45) is 0 Å². The number of anilines is 2. The number of halogens is 3. The van der Waals surface area contributed by atoms with Crippen LogP contribution in [-0.2, 0) is 0 Å². The van der Waals surface area contributed by atoms with Gasteiger partial charge in [-0.3, -0.25) is 0 Å². The van der Waals surface area contributed by atoms with E-state index in [-0.39, 0.29) is 5.82 Å². The maximum atomic E-state index is 13.3. The summed E-state index contributed by atoms with van der Waals surface area (Å²) in [5, 5.41) is 3.88. The largest absolute Gasteiger partial charge is 0.339 e. The first-order valence-corrected chi connectivity index (χ1v) is 7.06. The fraction of sp³-hybridized carbons (Fsp3) is 0.286. The Hall–Kier alpha value is -1.39. The summed E-state index contributed by atoms with van der Waals surface area (Å²) in [6.07, 6.45) is 2.17. The molecule has 1 aliphatic carbocycles. The minimum atomic E-state index is -0.364. The van der Waals surface area contributed by atoms with Crippen LogP contribution in [0.25, 0.3) is 0 Å². The molecule has 1 aromatic carbocycles. The van der Waals surface area contributed by atoms with E-state index in [4.69, 9.17) is 23.2 Å². The van der Waals surface area contributed by atoms with E-state index in [0.29, 0.717) is 27.6 Å². The van der Waals surface area contributed by atoms with E-state index < -0.39 is 0 Å². The number of nitrogens with zero attached hydrogens (tertiary/aromatic N) is 2. The molecule has 0 amide bonds. The molecular formula is C14H12Cl2FN3. The van der Waals surface area contributed by atoms with E-state index in [0.717, 1.165) is 24.2 Å². The summed E-state index contributed by atoms with van der Waals surface area (Å²) in [5.41, 5.74) is 1.18. The zero-order valence-corrected chi connectivity index (χ0v) is 12.3. The molecule has 0 radical (unpaired) electrons. The van der Waals surface area contributed by atoms with Crippen molar-refractivity contribution in [3.8, 4) is 0 Å². The Balaban J connectivity index is 1.99. The highest BCUT2D eigenvalue weighted by molar-refractivity contribution is 6.33. The van der Waals surface area contributed by atoms with Crippen LogP contribution in [0.3, 0.4) is 0 Å². The molecule has 3 nitrogen and oxygen atoms in total. The summed E-state index contributed by atoms with van der Waals surface area (Å²) in [4.78, 5) is 8.76. The van der Waals surface area contributed by atoms with Crippen LogP contribution in [0.1, 0.15) is 30.1 Å². The third kappa shape index (κ3) is 2.72. The van der Waals surface area contributed by atoms with Crippen molar-refractivity contribution in [1.29, 1.82) is 0 Å². The standard InChI is InChI=1S/C14H12Cl2FN3/c1-7-12(16)19-14(8-2-3-8)20-13(7)18-11-6-9(17)4-5-10(11)15/h4-6,8H,2-3H2,1H3,(H,18,19,20). The third-order valence-electron chi connectivity index (χ3n) is 3.23. The van der Waals surface area contributed by atoms with Gasteiger partial charge in [0.25, 0.3) is 0 Å². The Morgan fingerprint density at radius 2 is 2.00 bits per heavy atom. The second-order valence-electron chi connectivity index (χ2n) is 4.87. The normalized spacial score (nSPS) is 14.4. The van der Waals surface area contributed by atoms with Gasteiger partial charge in [-0.05, 0) is 38.0 Å². The molecule has 0 saturated heterocycles. The SMILES string of the molecule is Cc1c(Cl)nc(C2CC2)nc1Nc1cc(F)ccc1Cl. The van der Waals surface area contributed by atoms with E-state index in [2.05, 4.69) is 15.3 Å². The number of aromatic nitrogens is 2. The van der Waals surface area contributed by atoms with Gasteiger partial charge < -0.3 is 5.32 Å². The molecule has 0 spiro atoms. The van der Waals surface area contributed by atoms with Gasteiger partial charge in [-0.1, -0.05) is 23.2 Å². The Labute approximate surface area is 126 Å². The maximum Gasteiger partial charge on any atom is 0.138 e. The minimum Gasteiger partial charge on any atom is -0.339 e. The van der Waals surface area contributed by atoms with Gasteiger partial charge in [0.05, 0.1) is 10.7 Å². The summed E-state index contributed by atoms with van der Waals surface area (Å²) < 4.78 is 13.3. The van der Waals surface area contributed by atoms with Gasteiger partial charge >= 0.3 is 0 Å². The van der Waals surface area contributed by atoms with Crippen LogP contribution in [-0.4, -0.2) is 9.97 Å². The summed E-state index contributed by atoms with van der Waals surface area (Å²) >= 11 is 12.2. The molecule has 1 saturated carbocycles. The summed E-state index contributed by atoms with van der Waals surface area (Å²) in [6, 6.07) is 4.14. The van der Waals surface area contributed by atoms with Crippen molar-refractivity contribution in [2.45, 2.75) is 25.7 Å². The van der Waals surface area contributed by atoms with Crippen LogP contribution in [0.5, 0.6) is 0 Å². The van der Waals surface area contributed by atoms with Crippen LogP contribution in [0, 0.1) is 12.7 Å². The average Bonchev–Trinajstić information content (AvgIpc) is 3.23. The first-order chi connectivity index (χ1) is 9.54. The molecule has 0 bridgehead atoms. The van der Waals surface area contributed by atoms with Gasteiger partial charge in [0.2, 0.25) is 0 Å². The van der Waals surface area contributed by atoms with Crippen molar-refractivity contribution in [3.63, 3.8) is 0 Å². The maximum absolute atomic E-state index is 13.3. The van der Waals surface area contributed by atoms with Crippen LogP contribution < -0.4 is 5.32 Å². The van der Waals surface area contributed by atoms with Gasteiger partial charge in [-0.15, -0.1) is 0 Å². The third-order valence-corrected chi connectivity index (χ3v) is 3.93. The van der Waals surface area contributed by atoms with Crippen LogP contribution in [0.4, 0.5) is 15.9 Å². The molecule has 6 heteroatoms. The molecule has 1 aromatic heterocycles. The van der Waals surface area contributed by atoms with Crippen LogP contribution in [0.15, 0.2) is 18.2 Å². The van der Waals surface area contributed by atoms with Crippen molar-refractivity contribution >= 4 is 34.7 Å². The first-order valence-electron chi connectivity index (χ1n) is 6.30. The number of nitrogens with one attached hydrogen (secondary N) is 1. The van der Waals surface area contributed by atoms with Crippen LogP contribution in [0.2, 0.25) is 10.2 Å².